The molecular weight excluding hydrogens is 417 g/mol. The molecule has 31 heavy (non-hydrogen) atoms. The topological polar surface area (TPSA) is 66.8 Å². The van der Waals surface area contributed by atoms with Gasteiger partial charge in [-0.3, -0.25) is 14.5 Å². The maximum absolute atomic E-state index is 13.5. The van der Waals surface area contributed by atoms with Crippen molar-refractivity contribution in [1.82, 2.24) is 0 Å². The highest BCUT2D eigenvalue weighted by Crippen LogP contribution is 2.44. The predicted octanol–water partition coefficient (Wildman–Crippen LogP) is 4.84. The summed E-state index contributed by atoms with van der Waals surface area (Å²) in [6.07, 6.45) is 1.69. The van der Waals surface area contributed by atoms with Crippen molar-refractivity contribution in [3.05, 3.63) is 87.4 Å². The van der Waals surface area contributed by atoms with Gasteiger partial charge in [0.25, 0.3) is 11.7 Å². The van der Waals surface area contributed by atoms with Crippen LogP contribution in [0.2, 0.25) is 0 Å². The van der Waals surface area contributed by atoms with E-state index < -0.39 is 23.5 Å². The molecule has 1 unspecified atom stereocenters. The van der Waals surface area contributed by atoms with Crippen molar-refractivity contribution in [2.24, 2.45) is 0 Å². The first kappa shape index (κ1) is 19.5. The van der Waals surface area contributed by atoms with E-state index >= 15 is 0 Å². The molecule has 2 aromatic carbocycles. The van der Waals surface area contributed by atoms with Gasteiger partial charge in [-0.25, -0.2) is 4.39 Å². The average molecular weight is 435 g/mol. The molecule has 3 heterocycles. The second-order valence-corrected chi connectivity index (χ2v) is 8.41. The third-order valence-corrected chi connectivity index (χ3v) is 6.47. The van der Waals surface area contributed by atoms with Gasteiger partial charge in [-0.05, 0) is 72.3 Å². The van der Waals surface area contributed by atoms with E-state index in [1.54, 1.807) is 18.2 Å². The van der Waals surface area contributed by atoms with Crippen molar-refractivity contribution in [3.63, 3.8) is 0 Å². The van der Waals surface area contributed by atoms with Gasteiger partial charge in [0.05, 0.1) is 12.2 Å². The summed E-state index contributed by atoms with van der Waals surface area (Å²) in [6, 6.07) is 13.5. The van der Waals surface area contributed by atoms with Crippen molar-refractivity contribution < 1.29 is 23.8 Å². The SMILES string of the molecule is O=C1C(=O)N(c2ccc(F)cc2)C(c2cccs2)/C1=C(/O)c1ccc2c(c1)CCCO2. The maximum Gasteiger partial charge on any atom is 0.300 e. The first-order valence-electron chi connectivity index (χ1n) is 9.90. The lowest BCUT2D eigenvalue weighted by Gasteiger charge is -2.24. The number of ether oxygens (including phenoxy) is 1. The van der Waals surface area contributed by atoms with Crippen LogP contribution in [0.15, 0.2) is 65.6 Å². The molecule has 0 bridgehead atoms. The molecule has 1 amide bonds. The highest BCUT2D eigenvalue weighted by molar-refractivity contribution is 7.10. The van der Waals surface area contributed by atoms with Crippen LogP contribution in [0, 0.1) is 5.82 Å². The predicted molar refractivity (Wildman–Crippen MR) is 116 cm³/mol. The minimum atomic E-state index is -0.794. The monoisotopic (exact) mass is 435 g/mol. The summed E-state index contributed by atoms with van der Waals surface area (Å²) in [5.74, 6) is -1.43. The number of hydrogen-bond acceptors (Lipinski definition) is 5. The van der Waals surface area contributed by atoms with Gasteiger partial charge in [0.15, 0.2) is 0 Å². The van der Waals surface area contributed by atoms with Crippen LogP contribution in [0.3, 0.4) is 0 Å². The molecule has 5 nitrogen and oxygen atoms in total. The van der Waals surface area contributed by atoms with E-state index in [9.17, 15) is 19.1 Å². The minimum Gasteiger partial charge on any atom is -0.507 e. The Balaban J connectivity index is 1.66. The molecule has 7 heteroatoms. The molecule has 1 N–H and O–H groups in total. The van der Waals surface area contributed by atoms with E-state index in [0.29, 0.717) is 17.9 Å². The van der Waals surface area contributed by atoms with E-state index in [1.165, 1.54) is 40.5 Å². The van der Waals surface area contributed by atoms with E-state index in [-0.39, 0.29) is 11.3 Å². The number of Topliss-reactive ketones (excluding diaryl/α,β-unsaturated/α-hetero) is 1. The summed E-state index contributed by atoms with van der Waals surface area (Å²) in [5.41, 5.74) is 1.83. The summed E-state index contributed by atoms with van der Waals surface area (Å²) in [7, 11) is 0. The lowest BCUT2D eigenvalue weighted by molar-refractivity contribution is -0.132. The Hall–Kier alpha value is -3.45. The fourth-order valence-electron chi connectivity index (χ4n) is 4.08. The molecule has 0 saturated carbocycles. The average Bonchev–Trinajstić information content (AvgIpc) is 3.41. The fourth-order valence-corrected chi connectivity index (χ4v) is 4.90. The van der Waals surface area contributed by atoms with Crippen molar-refractivity contribution in [2.75, 3.05) is 11.5 Å². The lowest BCUT2D eigenvalue weighted by atomic mass is 9.97. The van der Waals surface area contributed by atoms with Gasteiger partial charge in [0.2, 0.25) is 0 Å². The second kappa shape index (κ2) is 7.67. The van der Waals surface area contributed by atoms with E-state index in [4.69, 9.17) is 4.74 Å². The molecule has 1 fully saturated rings. The zero-order valence-corrected chi connectivity index (χ0v) is 17.2. The second-order valence-electron chi connectivity index (χ2n) is 7.44. The first-order chi connectivity index (χ1) is 15.0. The molecule has 3 aromatic rings. The van der Waals surface area contributed by atoms with Gasteiger partial charge in [-0.1, -0.05) is 6.07 Å². The smallest absolute Gasteiger partial charge is 0.300 e. The van der Waals surface area contributed by atoms with E-state index in [0.717, 1.165) is 29.0 Å². The zero-order valence-electron chi connectivity index (χ0n) is 16.4. The molecule has 2 aliphatic rings. The van der Waals surface area contributed by atoms with Crippen LogP contribution in [0.4, 0.5) is 10.1 Å². The van der Waals surface area contributed by atoms with Crippen LogP contribution >= 0.6 is 11.3 Å². The fraction of sp³-hybridized carbons (Fsp3) is 0.167. The van der Waals surface area contributed by atoms with Crippen LogP contribution in [0.25, 0.3) is 5.76 Å². The Labute approximate surface area is 182 Å². The lowest BCUT2D eigenvalue weighted by Crippen LogP contribution is -2.29. The first-order valence-corrected chi connectivity index (χ1v) is 10.8. The Bertz CT molecular complexity index is 1200. The number of rotatable bonds is 3. The number of thiophene rings is 1. The quantitative estimate of drug-likeness (QED) is 0.363. The highest BCUT2D eigenvalue weighted by atomic mass is 32.1. The Morgan fingerprint density at radius 2 is 1.94 bits per heavy atom. The van der Waals surface area contributed by atoms with Crippen molar-refractivity contribution in [3.8, 4) is 5.75 Å². The number of carbonyl (C=O) groups excluding carboxylic acids is 2. The Morgan fingerprint density at radius 3 is 2.68 bits per heavy atom. The summed E-state index contributed by atoms with van der Waals surface area (Å²) in [5, 5.41) is 13.0. The summed E-state index contributed by atoms with van der Waals surface area (Å²) in [4.78, 5) is 28.1. The molecule has 1 atom stereocenters. The number of aliphatic hydroxyl groups is 1. The molecule has 156 valence electrons. The molecule has 0 spiro atoms. The number of amides is 1. The van der Waals surface area contributed by atoms with Gasteiger partial charge in [0.1, 0.15) is 23.4 Å². The number of halogens is 1. The third kappa shape index (κ3) is 3.31. The van der Waals surface area contributed by atoms with E-state index in [2.05, 4.69) is 0 Å². The van der Waals surface area contributed by atoms with Crippen LogP contribution in [0.5, 0.6) is 5.75 Å². The standard InChI is InChI=1S/C24H18FNO4S/c25-16-6-8-17(9-7-16)26-21(19-4-2-12-31-19)20(23(28)24(26)29)22(27)15-5-10-18-14(13-15)3-1-11-30-18/h2,4-10,12-13,21,27H,1,3,11H2/b22-20-. The number of benzene rings is 2. The largest absolute Gasteiger partial charge is 0.507 e. The van der Waals surface area contributed by atoms with Crippen molar-refractivity contribution >= 4 is 34.5 Å². The molecule has 2 aliphatic heterocycles. The summed E-state index contributed by atoms with van der Waals surface area (Å²) in [6.45, 7) is 0.652. The third-order valence-electron chi connectivity index (χ3n) is 5.54. The molecule has 0 radical (unpaired) electrons. The number of aryl methyl sites for hydroxylation is 1. The van der Waals surface area contributed by atoms with Crippen LogP contribution in [-0.4, -0.2) is 23.4 Å². The van der Waals surface area contributed by atoms with Gasteiger partial charge in [-0.15, -0.1) is 11.3 Å². The van der Waals surface area contributed by atoms with Gasteiger partial charge < -0.3 is 9.84 Å². The number of ketones is 1. The van der Waals surface area contributed by atoms with Gasteiger partial charge >= 0.3 is 0 Å². The van der Waals surface area contributed by atoms with Crippen molar-refractivity contribution in [1.29, 1.82) is 0 Å². The maximum atomic E-state index is 13.5. The van der Waals surface area contributed by atoms with Gasteiger partial charge in [-0.2, -0.15) is 0 Å². The Kier molecular flexibility index (Phi) is 4.82. The van der Waals surface area contributed by atoms with Crippen LogP contribution in [-0.2, 0) is 16.0 Å². The summed E-state index contributed by atoms with van der Waals surface area (Å²) < 4.78 is 19.1. The van der Waals surface area contributed by atoms with Crippen molar-refractivity contribution in [2.45, 2.75) is 18.9 Å². The summed E-state index contributed by atoms with van der Waals surface area (Å²) >= 11 is 1.38. The highest BCUT2D eigenvalue weighted by Gasteiger charge is 2.47. The van der Waals surface area contributed by atoms with Crippen LogP contribution in [0.1, 0.15) is 28.5 Å². The molecule has 5 rings (SSSR count). The Morgan fingerprint density at radius 1 is 1.13 bits per heavy atom. The molecule has 1 aromatic heterocycles. The zero-order chi connectivity index (χ0) is 21.5. The van der Waals surface area contributed by atoms with E-state index in [1.807, 2.05) is 17.5 Å². The number of anilines is 1. The number of nitrogens with zero attached hydrogens (tertiary/aromatic N) is 1. The minimum absolute atomic E-state index is 0.0217. The molecular formula is C24H18FNO4S. The molecule has 0 aliphatic carbocycles. The van der Waals surface area contributed by atoms with Crippen LogP contribution < -0.4 is 9.64 Å². The number of fused-ring (bicyclic) bond motifs is 1. The normalized spacial score (nSPS) is 19.9. The molecule has 1 saturated heterocycles. The van der Waals surface area contributed by atoms with Gasteiger partial charge in [0, 0.05) is 16.1 Å². The number of carbonyl (C=O) groups is 2. The number of hydrogen-bond donors (Lipinski definition) is 1. The number of aliphatic hydroxyl groups excluding tert-OH is 1.